The van der Waals surface area contributed by atoms with Gasteiger partial charge in [-0.1, -0.05) is 17.7 Å². The molecule has 11 nitrogen and oxygen atoms in total. The number of pyridine rings is 1. The first-order chi connectivity index (χ1) is 19.9. The van der Waals surface area contributed by atoms with Gasteiger partial charge in [-0.15, -0.1) is 0 Å². The molecule has 1 aliphatic heterocycles. The van der Waals surface area contributed by atoms with Crippen LogP contribution < -0.4 is 15.0 Å². The molecule has 1 aromatic carbocycles. The second kappa shape index (κ2) is 12.8. The van der Waals surface area contributed by atoms with Crippen LogP contribution in [0, 0.1) is 6.92 Å². The predicted octanol–water partition coefficient (Wildman–Crippen LogP) is 3.11. The summed E-state index contributed by atoms with van der Waals surface area (Å²) in [6.45, 7) is 3.70. The van der Waals surface area contributed by atoms with Crippen LogP contribution in [0.3, 0.4) is 0 Å². The van der Waals surface area contributed by atoms with Gasteiger partial charge < -0.3 is 19.9 Å². The number of carbonyl (C=O) groups is 2. The molecular weight excluding hydrogens is 544 g/mol. The molecule has 1 N–H and O–H groups in total. The lowest BCUT2D eigenvalue weighted by Crippen LogP contribution is -2.56. The number of anilines is 1. The maximum absolute atomic E-state index is 13.3. The fourth-order valence-electron chi connectivity index (χ4n) is 4.86. The largest absolute Gasteiger partial charge is 0.495 e. The van der Waals surface area contributed by atoms with Gasteiger partial charge in [-0.05, 0) is 43.2 Å². The number of rotatable bonds is 9. The van der Waals surface area contributed by atoms with Gasteiger partial charge in [0.25, 0.3) is 5.91 Å². The van der Waals surface area contributed by atoms with Crippen LogP contribution >= 0.6 is 11.6 Å². The van der Waals surface area contributed by atoms with E-state index in [0.717, 1.165) is 11.3 Å². The van der Waals surface area contributed by atoms with Crippen molar-refractivity contribution in [3.05, 3.63) is 89.4 Å². The molecule has 4 aromatic rings. The summed E-state index contributed by atoms with van der Waals surface area (Å²) in [5.41, 5.74) is 2.30. The zero-order chi connectivity index (χ0) is 28.8. The number of halogens is 1. The van der Waals surface area contributed by atoms with Gasteiger partial charge >= 0.3 is 0 Å². The van der Waals surface area contributed by atoms with Gasteiger partial charge in [-0.25, -0.2) is 9.97 Å². The monoisotopic (exact) mass is 574 g/mol. The lowest BCUT2D eigenvalue weighted by Gasteiger charge is -2.42. The van der Waals surface area contributed by atoms with Crippen molar-refractivity contribution in [2.75, 3.05) is 38.2 Å². The summed E-state index contributed by atoms with van der Waals surface area (Å²) in [7, 11) is 1.57. The number of amides is 2. The molecule has 1 aliphatic rings. The number of ether oxygens (including phenoxy) is 1. The van der Waals surface area contributed by atoms with E-state index in [1.807, 2.05) is 31.2 Å². The van der Waals surface area contributed by atoms with Crippen molar-refractivity contribution in [1.29, 1.82) is 0 Å². The number of nitrogens with zero attached hydrogens (tertiary/aromatic N) is 7. The Balaban J connectivity index is 1.32. The van der Waals surface area contributed by atoms with Gasteiger partial charge in [0.2, 0.25) is 11.9 Å². The fraction of sp³-hybridized carbons (Fsp3) is 0.310. The molecule has 1 unspecified atom stereocenters. The number of aryl methyl sites for hydroxylation is 1. The average molecular weight is 575 g/mol. The van der Waals surface area contributed by atoms with Crippen molar-refractivity contribution < 1.29 is 14.3 Å². The highest BCUT2D eigenvalue weighted by Crippen LogP contribution is 2.25. The Bertz CT molecular complexity index is 1500. The van der Waals surface area contributed by atoms with Gasteiger partial charge in [0.1, 0.15) is 17.9 Å². The zero-order valence-electron chi connectivity index (χ0n) is 22.9. The molecule has 0 saturated carbocycles. The lowest BCUT2D eigenvalue weighted by atomic mass is 10.1. The van der Waals surface area contributed by atoms with Gasteiger partial charge in [0, 0.05) is 69.1 Å². The molecule has 41 heavy (non-hydrogen) atoms. The minimum Gasteiger partial charge on any atom is -0.495 e. The molecule has 212 valence electrons. The summed E-state index contributed by atoms with van der Waals surface area (Å²) in [4.78, 5) is 47.8. The van der Waals surface area contributed by atoms with Crippen LogP contribution in [0.2, 0.25) is 5.02 Å². The van der Waals surface area contributed by atoms with Crippen LogP contribution in [0.1, 0.15) is 28.0 Å². The normalized spacial score (nSPS) is 15.0. The molecule has 1 atom stereocenters. The van der Waals surface area contributed by atoms with E-state index in [0.29, 0.717) is 60.7 Å². The van der Waals surface area contributed by atoms with Crippen LogP contribution in [0.4, 0.5) is 5.82 Å². The maximum atomic E-state index is 13.3. The Labute approximate surface area is 243 Å². The molecule has 1 fully saturated rings. The summed E-state index contributed by atoms with van der Waals surface area (Å²) in [5, 5.41) is 3.55. The number of imidazole rings is 1. The smallest absolute Gasteiger partial charge is 0.255 e. The Morgan fingerprint density at radius 3 is 2.73 bits per heavy atom. The molecular formula is C29H31ClN8O3. The topological polar surface area (TPSA) is 118 Å². The third-order valence-electron chi connectivity index (χ3n) is 6.91. The van der Waals surface area contributed by atoms with Crippen molar-refractivity contribution >= 4 is 29.2 Å². The molecule has 4 heterocycles. The summed E-state index contributed by atoms with van der Waals surface area (Å²) in [6, 6.07) is 10.7. The van der Waals surface area contributed by atoms with Crippen LogP contribution in [0.5, 0.6) is 5.75 Å². The Hall–Kier alpha value is -4.51. The van der Waals surface area contributed by atoms with E-state index in [9.17, 15) is 9.59 Å². The molecule has 5 rings (SSSR count). The van der Waals surface area contributed by atoms with E-state index in [1.54, 1.807) is 59.8 Å². The molecule has 0 aliphatic carbocycles. The first kappa shape index (κ1) is 28.0. The van der Waals surface area contributed by atoms with Gasteiger partial charge in [-0.3, -0.25) is 19.1 Å². The summed E-state index contributed by atoms with van der Waals surface area (Å²) in [5.74, 6) is 1.57. The van der Waals surface area contributed by atoms with Crippen molar-refractivity contribution in [1.82, 2.24) is 34.7 Å². The van der Waals surface area contributed by atoms with E-state index in [-0.39, 0.29) is 24.3 Å². The summed E-state index contributed by atoms with van der Waals surface area (Å²) in [6.07, 6.45) is 9.09. The Kier molecular flexibility index (Phi) is 8.73. The molecule has 0 radical (unpaired) electrons. The SMILES string of the molecule is COc1ccc(CCNC(=O)CC2CN(C(=O)c3cccnc3)CCN2c2cc(C)nc(-n3ccnc3)n2)cc1Cl. The molecule has 0 bridgehead atoms. The highest BCUT2D eigenvalue weighted by Gasteiger charge is 2.33. The van der Waals surface area contributed by atoms with Gasteiger partial charge in [0.15, 0.2) is 0 Å². The molecule has 12 heteroatoms. The van der Waals surface area contributed by atoms with E-state index in [2.05, 4.69) is 25.2 Å². The lowest BCUT2D eigenvalue weighted by molar-refractivity contribution is -0.121. The van der Waals surface area contributed by atoms with E-state index >= 15 is 0 Å². The predicted molar refractivity (Wildman–Crippen MR) is 155 cm³/mol. The van der Waals surface area contributed by atoms with Gasteiger partial charge in [0.05, 0.1) is 23.7 Å². The average Bonchev–Trinajstić information content (AvgIpc) is 3.52. The number of carbonyl (C=O) groups excluding carboxylic acids is 2. The van der Waals surface area contributed by atoms with Crippen LogP contribution in [0.25, 0.3) is 5.95 Å². The zero-order valence-corrected chi connectivity index (χ0v) is 23.7. The number of aromatic nitrogens is 5. The second-order valence-electron chi connectivity index (χ2n) is 9.75. The molecule has 1 saturated heterocycles. The number of nitrogens with one attached hydrogen (secondary N) is 1. The number of piperazine rings is 1. The van der Waals surface area contributed by atoms with Crippen molar-refractivity contribution in [3.8, 4) is 11.7 Å². The second-order valence-corrected chi connectivity index (χ2v) is 10.2. The van der Waals surface area contributed by atoms with E-state index in [1.165, 1.54) is 0 Å². The molecule has 2 amide bonds. The van der Waals surface area contributed by atoms with Gasteiger partial charge in [-0.2, -0.15) is 4.98 Å². The van der Waals surface area contributed by atoms with E-state index in [4.69, 9.17) is 21.3 Å². The highest BCUT2D eigenvalue weighted by molar-refractivity contribution is 6.32. The van der Waals surface area contributed by atoms with Crippen LogP contribution in [0.15, 0.2) is 67.5 Å². The van der Waals surface area contributed by atoms with Crippen molar-refractivity contribution in [2.24, 2.45) is 0 Å². The quantitative estimate of drug-likeness (QED) is 0.324. The Morgan fingerprint density at radius 2 is 2.00 bits per heavy atom. The summed E-state index contributed by atoms with van der Waals surface area (Å²) < 4.78 is 6.95. The third kappa shape index (κ3) is 6.80. The Morgan fingerprint density at radius 1 is 1.12 bits per heavy atom. The molecule has 3 aromatic heterocycles. The fourth-order valence-corrected chi connectivity index (χ4v) is 5.14. The first-order valence-electron chi connectivity index (χ1n) is 13.3. The maximum Gasteiger partial charge on any atom is 0.255 e. The minimum absolute atomic E-state index is 0.113. The first-order valence-corrected chi connectivity index (χ1v) is 13.7. The van der Waals surface area contributed by atoms with Crippen LogP contribution in [-0.4, -0.2) is 80.5 Å². The van der Waals surface area contributed by atoms with Crippen molar-refractivity contribution in [2.45, 2.75) is 25.8 Å². The third-order valence-corrected chi connectivity index (χ3v) is 7.21. The number of hydrogen-bond acceptors (Lipinski definition) is 8. The standard InChI is InChI=1S/C29H31ClN8O3/c1-20-14-26(35-29(34-20)37-11-10-32-19-37)38-13-12-36(28(40)22-4-3-8-31-17-22)18-23(38)16-27(39)33-9-7-21-5-6-25(41-2)24(30)15-21/h3-6,8,10-11,14-15,17,19,23H,7,9,12-13,16,18H2,1-2H3,(H,33,39). The number of benzene rings is 1. The van der Waals surface area contributed by atoms with Crippen LogP contribution in [-0.2, 0) is 11.2 Å². The van der Waals surface area contributed by atoms with Crippen molar-refractivity contribution in [3.63, 3.8) is 0 Å². The minimum atomic E-state index is -0.301. The number of hydrogen-bond donors (Lipinski definition) is 1. The highest BCUT2D eigenvalue weighted by atomic mass is 35.5. The number of methoxy groups -OCH3 is 1. The molecule has 0 spiro atoms. The van der Waals surface area contributed by atoms with E-state index < -0.39 is 0 Å². The summed E-state index contributed by atoms with van der Waals surface area (Å²) >= 11 is 6.24.